The molecule has 3 fully saturated rings. The van der Waals surface area contributed by atoms with Crippen LogP contribution in [0.2, 0.25) is 0 Å². The van der Waals surface area contributed by atoms with Crippen LogP contribution in [0.1, 0.15) is 19.3 Å². The zero-order valence-electron chi connectivity index (χ0n) is 5.99. The van der Waals surface area contributed by atoms with Crippen molar-refractivity contribution >= 4 is 6.29 Å². The monoisotopic (exact) mass is 136 g/mol. The van der Waals surface area contributed by atoms with Gasteiger partial charge in [0.05, 0.1) is 0 Å². The smallest absolute Gasteiger partial charge is 0.123 e. The van der Waals surface area contributed by atoms with Crippen molar-refractivity contribution in [3.05, 3.63) is 0 Å². The summed E-state index contributed by atoms with van der Waals surface area (Å²) in [5.74, 6) is 4.15. The minimum Gasteiger partial charge on any atom is -0.303 e. The number of carbonyl (C=O) groups is 1. The summed E-state index contributed by atoms with van der Waals surface area (Å²) in [5.41, 5.74) is 0. The molecule has 10 heavy (non-hydrogen) atoms. The van der Waals surface area contributed by atoms with E-state index in [0.717, 1.165) is 23.7 Å². The first kappa shape index (κ1) is 5.34. The molecule has 0 spiro atoms. The first-order valence-corrected chi connectivity index (χ1v) is 4.37. The molecule has 3 aliphatic rings. The molecule has 0 heterocycles. The second kappa shape index (κ2) is 1.46. The number of hydrogen-bond acceptors (Lipinski definition) is 1. The first-order chi connectivity index (χ1) is 4.92. The summed E-state index contributed by atoms with van der Waals surface area (Å²) in [5, 5.41) is 0. The van der Waals surface area contributed by atoms with Crippen LogP contribution in [0, 0.1) is 29.6 Å². The van der Waals surface area contributed by atoms with E-state index in [1.165, 1.54) is 25.5 Å². The Morgan fingerprint density at radius 3 is 2.20 bits per heavy atom. The molecule has 2 bridgehead atoms. The molecule has 1 nitrogen and oxygen atoms in total. The summed E-state index contributed by atoms with van der Waals surface area (Å²) in [4.78, 5) is 10.5. The SMILES string of the molecule is O=CC1[C@@H]2[C@H]3CC[C@H](C3)[C@H]12. The van der Waals surface area contributed by atoms with Gasteiger partial charge in [-0.1, -0.05) is 0 Å². The van der Waals surface area contributed by atoms with Crippen LogP contribution in [-0.2, 0) is 4.79 Å². The van der Waals surface area contributed by atoms with E-state index < -0.39 is 0 Å². The molecule has 0 aromatic rings. The van der Waals surface area contributed by atoms with E-state index in [-0.39, 0.29) is 0 Å². The molecule has 1 heteroatoms. The van der Waals surface area contributed by atoms with Gasteiger partial charge in [-0.25, -0.2) is 0 Å². The van der Waals surface area contributed by atoms with Gasteiger partial charge >= 0.3 is 0 Å². The van der Waals surface area contributed by atoms with Crippen LogP contribution in [0.25, 0.3) is 0 Å². The number of carbonyl (C=O) groups excluding carboxylic acids is 1. The standard InChI is InChI=1S/C9H12O/c10-4-7-8-5-1-2-6(3-5)9(7)8/h4-9H,1-3H2/t5-,6+,7?,8-,9+. The highest BCUT2D eigenvalue weighted by Crippen LogP contribution is 2.68. The van der Waals surface area contributed by atoms with E-state index in [2.05, 4.69) is 0 Å². The maximum absolute atomic E-state index is 10.5. The topological polar surface area (TPSA) is 17.1 Å². The summed E-state index contributed by atoms with van der Waals surface area (Å²) < 4.78 is 0. The van der Waals surface area contributed by atoms with Crippen LogP contribution < -0.4 is 0 Å². The summed E-state index contributed by atoms with van der Waals surface area (Å²) >= 11 is 0. The Hall–Kier alpha value is -0.330. The minimum atomic E-state index is 0.506. The fourth-order valence-corrected chi connectivity index (χ4v) is 3.58. The van der Waals surface area contributed by atoms with Crippen molar-refractivity contribution in [2.75, 3.05) is 0 Å². The molecule has 3 aliphatic carbocycles. The zero-order chi connectivity index (χ0) is 6.72. The summed E-state index contributed by atoms with van der Waals surface area (Å²) in [6.45, 7) is 0. The molecule has 0 amide bonds. The van der Waals surface area contributed by atoms with Crippen molar-refractivity contribution in [1.82, 2.24) is 0 Å². The van der Waals surface area contributed by atoms with Gasteiger partial charge in [-0.15, -0.1) is 0 Å². The van der Waals surface area contributed by atoms with Crippen LogP contribution in [0.15, 0.2) is 0 Å². The number of fused-ring (bicyclic) bond motifs is 5. The first-order valence-electron chi connectivity index (χ1n) is 4.37. The van der Waals surface area contributed by atoms with E-state index in [0.29, 0.717) is 5.92 Å². The highest BCUT2D eigenvalue weighted by Gasteiger charge is 2.64. The van der Waals surface area contributed by atoms with Gasteiger partial charge in [0, 0.05) is 5.92 Å². The Bertz CT molecular complexity index is 171. The van der Waals surface area contributed by atoms with E-state index in [1.54, 1.807) is 0 Å². The average molecular weight is 136 g/mol. The lowest BCUT2D eigenvalue weighted by Gasteiger charge is -2.04. The third kappa shape index (κ3) is 0.415. The third-order valence-electron chi connectivity index (χ3n) is 3.95. The molecule has 0 saturated heterocycles. The van der Waals surface area contributed by atoms with Gasteiger partial charge in [-0.2, -0.15) is 0 Å². The summed E-state index contributed by atoms with van der Waals surface area (Å²) in [7, 11) is 0. The Morgan fingerprint density at radius 2 is 1.70 bits per heavy atom. The third-order valence-corrected chi connectivity index (χ3v) is 3.95. The molecule has 0 aromatic heterocycles. The van der Waals surface area contributed by atoms with Crippen LogP contribution in [-0.4, -0.2) is 6.29 Å². The van der Waals surface area contributed by atoms with Crippen molar-refractivity contribution in [3.8, 4) is 0 Å². The second-order valence-electron chi connectivity index (χ2n) is 4.20. The van der Waals surface area contributed by atoms with Gasteiger partial charge < -0.3 is 4.79 Å². The highest BCUT2D eigenvalue weighted by atomic mass is 16.1. The number of aldehydes is 1. The van der Waals surface area contributed by atoms with Crippen LogP contribution in [0.5, 0.6) is 0 Å². The van der Waals surface area contributed by atoms with Crippen molar-refractivity contribution < 1.29 is 4.79 Å². The van der Waals surface area contributed by atoms with Gasteiger partial charge in [-0.3, -0.25) is 0 Å². The number of hydrogen-bond donors (Lipinski definition) is 0. The van der Waals surface area contributed by atoms with Gasteiger partial charge in [0.1, 0.15) is 6.29 Å². The van der Waals surface area contributed by atoms with Crippen molar-refractivity contribution in [1.29, 1.82) is 0 Å². The lowest BCUT2D eigenvalue weighted by atomic mass is 10.0. The lowest BCUT2D eigenvalue weighted by Crippen LogP contribution is -1.97. The molecule has 0 aliphatic heterocycles. The van der Waals surface area contributed by atoms with Crippen molar-refractivity contribution in [3.63, 3.8) is 0 Å². The van der Waals surface area contributed by atoms with E-state index in [1.807, 2.05) is 0 Å². The Kier molecular flexibility index (Phi) is 0.781. The van der Waals surface area contributed by atoms with Gasteiger partial charge in [0.15, 0.2) is 0 Å². The van der Waals surface area contributed by atoms with Crippen LogP contribution in [0.4, 0.5) is 0 Å². The Morgan fingerprint density at radius 1 is 1.10 bits per heavy atom. The fraction of sp³-hybridized carbons (Fsp3) is 0.889. The van der Waals surface area contributed by atoms with Gasteiger partial charge in [0.25, 0.3) is 0 Å². The lowest BCUT2D eigenvalue weighted by molar-refractivity contribution is -0.109. The normalized spacial score (nSPS) is 62.2. The molecular formula is C9H12O. The largest absolute Gasteiger partial charge is 0.303 e. The molecule has 54 valence electrons. The molecule has 3 saturated carbocycles. The maximum atomic E-state index is 10.5. The van der Waals surface area contributed by atoms with Crippen molar-refractivity contribution in [2.24, 2.45) is 29.6 Å². The molecule has 5 atom stereocenters. The molecule has 0 aromatic carbocycles. The van der Waals surface area contributed by atoms with Gasteiger partial charge in [-0.05, 0) is 42.9 Å². The zero-order valence-corrected chi connectivity index (χ0v) is 5.99. The quantitative estimate of drug-likeness (QED) is 0.499. The molecular weight excluding hydrogens is 124 g/mol. The fourth-order valence-electron chi connectivity index (χ4n) is 3.58. The Labute approximate surface area is 60.8 Å². The van der Waals surface area contributed by atoms with E-state index in [4.69, 9.17) is 0 Å². The molecule has 0 radical (unpaired) electrons. The Balaban J connectivity index is 1.90. The van der Waals surface area contributed by atoms with Crippen LogP contribution in [0.3, 0.4) is 0 Å². The summed E-state index contributed by atoms with van der Waals surface area (Å²) in [6.07, 6.45) is 5.52. The van der Waals surface area contributed by atoms with Crippen molar-refractivity contribution in [2.45, 2.75) is 19.3 Å². The predicted octanol–water partition coefficient (Wildman–Crippen LogP) is 1.48. The predicted molar refractivity (Wildman–Crippen MR) is 37.4 cm³/mol. The highest BCUT2D eigenvalue weighted by molar-refractivity contribution is 5.60. The second-order valence-corrected chi connectivity index (χ2v) is 4.20. The molecule has 0 N–H and O–H groups in total. The van der Waals surface area contributed by atoms with Crippen LogP contribution >= 0.6 is 0 Å². The van der Waals surface area contributed by atoms with E-state index in [9.17, 15) is 4.79 Å². The molecule has 3 rings (SSSR count). The average Bonchev–Trinajstić information content (AvgIpc) is 2.36. The summed E-state index contributed by atoms with van der Waals surface area (Å²) in [6, 6.07) is 0. The van der Waals surface area contributed by atoms with Gasteiger partial charge in [0.2, 0.25) is 0 Å². The minimum absolute atomic E-state index is 0.506. The number of rotatable bonds is 1. The van der Waals surface area contributed by atoms with E-state index >= 15 is 0 Å². The molecule has 1 unspecified atom stereocenters. The maximum Gasteiger partial charge on any atom is 0.123 e.